The van der Waals surface area contributed by atoms with E-state index in [4.69, 9.17) is 5.11 Å². The topological polar surface area (TPSA) is 55.1 Å². The van der Waals surface area contributed by atoms with Gasteiger partial charge in [0, 0.05) is 6.07 Å². The average Bonchev–Trinajstić information content (AvgIpc) is 3.08. The van der Waals surface area contributed by atoms with E-state index in [1.807, 2.05) is 17.5 Å². The smallest absolute Gasteiger partial charge is 0.356 e. The van der Waals surface area contributed by atoms with Gasteiger partial charge in [0.1, 0.15) is 5.82 Å². The SMILES string of the molecule is O=C(O)c1cc(-c2cccs2)n(-c2ccc(F)cc2)n1. The summed E-state index contributed by atoms with van der Waals surface area (Å²) in [5, 5.41) is 15.0. The number of benzene rings is 1. The maximum atomic E-state index is 13.0. The van der Waals surface area contributed by atoms with Crippen molar-refractivity contribution in [3.05, 3.63) is 59.4 Å². The van der Waals surface area contributed by atoms with Gasteiger partial charge in [-0.25, -0.2) is 13.9 Å². The molecule has 0 saturated carbocycles. The Labute approximate surface area is 117 Å². The Balaban J connectivity index is 2.18. The molecule has 3 aromatic rings. The van der Waals surface area contributed by atoms with E-state index in [0.29, 0.717) is 11.4 Å². The lowest BCUT2D eigenvalue weighted by Crippen LogP contribution is -2.02. The minimum atomic E-state index is -1.09. The van der Waals surface area contributed by atoms with Crippen LogP contribution in [0, 0.1) is 5.82 Å². The van der Waals surface area contributed by atoms with Gasteiger partial charge in [-0.1, -0.05) is 6.07 Å². The van der Waals surface area contributed by atoms with Crippen molar-refractivity contribution >= 4 is 17.3 Å². The zero-order valence-electron chi connectivity index (χ0n) is 10.2. The van der Waals surface area contributed by atoms with E-state index in [0.717, 1.165) is 4.88 Å². The van der Waals surface area contributed by atoms with Gasteiger partial charge in [0.2, 0.25) is 0 Å². The normalized spacial score (nSPS) is 10.7. The van der Waals surface area contributed by atoms with Crippen molar-refractivity contribution in [3.8, 4) is 16.3 Å². The molecule has 0 fully saturated rings. The third kappa shape index (κ3) is 2.21. The quantitative estimate of drug-likeness (QED) is 0.803. The zero-order chi connectivity index (χ0) is 14.1. The predicted octanol–water partition coefficient (Wildman–Crippen LogP) is 3.44. The summed E-state index contributed by atoms with van der Waals surface area (Å²) < 4.78 is 14.5. The molecule has 6 heteroatoms. The Morgan fingerprint density at radius 1 is 1.25 bits per heavy atom. The van der Waals surface area contributed by atoms with Crippen LogP contribution in [0.5, 0.6) is 0 Å². The molecule has 1 aromatic carbocycles. The molecule has 3 rings (SSSR count). The highest BCUT2D eigenvalue weighted by atomic mass is 32.1. The van der Waals surface area contributed by atoms with Crippen molar-refractivity contribution in [2.24, 2.45) is 0 Å². The summed E-state index contributed by atoms with van der Waals surface area (Å²) in [5.74, 6) is -1.44. The molecule has 0 aliphatic heterocycles. The van der Waals surface area contributed by atoms with Crippen molar-refractivity contribution in [1.29, 1.82) is 0 Å². The summed E-state index contributed by atoms with van der Waals surface area (Å²) in [4.78, 5) is 12.0. The number of aromatic nitrogens is 2. The van der Waals surface area contributed by atoms with Crippen LogP contribution in [0.3, 0.4) is 0 Å². The Kier molecular flexibility index (Phi) is 3.08. The van der Waals surface area contributed by atoms with Crippen LogP contribution in [0.1, 0.15) is 10.5 Å². The standard InChI is InChI=1S/C14H9FN2O2S/c15-9-3-5-10(6-4-9)17-12(13-2-1-7-20-13)8-11(16-17)14(18)19/h1-8H,(H,18,19). The molecule has 100 valence electrons. The van der Waals surface area contributed by atoms with Crippen LogP contribution in [0.25, 0.3) is 16.3 Å². The summed E-state index contributed by atoms with van der Waals surface area (Å²) >= 11 is 1.49. The Morgan fingerprint density at radius 3 is 2.60 bits per heavy atom. The molecule has 0 bridgehead atoms. The molecule has 20 heavy (non-hydrogen) atoms. The van der Waals surface area contributed by atoms with Crippen LogP contribution >= 0.6 is 11.3 Å². The maximum absolute atomic E-state index is 13.0. The number of thiophene rings is 1. The van der Waals surface area contributed by atoms with Crippen LogP contribution in [-0.2, 0) is 0 Å². The number of hydrogen-bond donors (Lipinski definition) is 1. The van der Waals surface area contributed by atoms with Crippen LogP contribution < -0.4 is 0 Å². The summed E-state index contributed by atoms with van der Waals surface area (Å²) in [6.45, 7) is 0. The molecule has 0 atom stereocenters. The molecular weight excluding hydrogens is 279 g/mol. The third-order valence-electron chi connectivity index (χ3n) is 2.77. The molecule has 2 aromatic heterocycles. The number of carboxylic acid groups (broad SMARTS) is 1. The van der Waals surface area contributed by atoms with Crippen LogP contribution in [0.15, 0.2) is 47.8 Å². The monoisotopic (exact) mass is 288 g/mol. The predicted molar refractivity (Wildman–Crippen MR) is 73.8 cm³/mol. The number of halogens is 1. The fourth-order valence-corrected chi connectivity index (χ4v) is 2.59. The van der Waals surface area contributed by atoms with E-state index in [9.17, 15) is 9.18 Å². The summed E-state index contributed by atoms with van der Waals surface area (Å²) in [5.41, 5.74) is 1.24. The Bertz CT molecular complexity index is 748. The van der Waals surface area contributed by atoms with Crippen molar-refractivity contribution in [2.75, 3.05) is 0 Å². The van der Waals surface area contributed by atoms with E-state index in [-0.39, 0.29) is 11.5 Å². The zero-order valence-corrected chi connectivity index (χ0v) is 11.0. The van der Waals surface area contributed by atoms with Crippen molar-refractivity contribution < 1.29 is 14.3 Å². The fourth-order valence-electron chi connectivity index (χ4n) is 1.86. The van der Waals surface area contributed by atoms with E-state index in [1.54, 1.807) is 12.1 Å². The lowest BCUT2D eigenvalue weighted by atomic mass is 10.2. The first-order valence-electron chi connectivity index (χ1n) is 5.78. The average molecular weight is 288 g/mol. The fraction of sp³-hybridized carbons (Fsp3) is 0. The van der Waals surface area contributed by atoms with E-state index >= 15 is 0 Å². The minimum absolute atomic E-state index is 0.0438. The molecule has 0 amide bonds. The molecule has 0 saturated heterocycles. The molecule has 0 aliphatic carbocycles. The first-order valence-corrected chi connectivity index (χ1v) is 6.66. The highest BCUT2D eigenvalue weighted by Crippen LogP contribution is 2.28. The first-order chi connectivity index (χ1) is 9.65. The highest BCUT2D eigenvalue weighted by molar-refractivity contribution is 7.13. The second kappa shape index (κ2) is 4.90. The van der Waals surface area contributed by atoms with Gasteiger partial charge in [-0.15, -0.1) is 11.3 Å². The molecule has 1 N–H and O–H groups in total. The first kappa shape index (κ1) is 12.6. The molecule has 0 unspecified atom stereocenters. The van der Waals surface area contributed by atoms with E-state index in [2.05, 4.69) is 5.10 Å². The third-order valence-corrected chi connectivity index (χ3v) is 3.67. The van der Waals surface area contributed by atoms with Crippen molar-refractivity contribution in [1.82, 2.24) is 9.78 Å². The molecule has 0 radical (unpaired) electrons. The number of carboxylic acids is 1. The molecule has 0 spiro atoms. The lowest BCUT2D eigenvalue weighted by Gasteiger charge is -2.05. The van der Waals surface area contributed by atoms with Gasteiger partial charge in [-0.2, -0.15) is 5.10 Å². The Hall–Kier alpha value is -2.47. The Morgan fingerprint density at radius 2 is 2.00 bits per heavy atom. The number of nitrogens with zero attached hydrogens (tertiary/aromatic N) is 2. The van der Waals surface area contributed by atoms with Gasteiger partial charge in [-0.05, 0) is 35.7 Å². The molecule has 2 heterocycles. The van der Waals surface area contributed by atoms with Crippen molar-refractivity contribution in [2.45, 2.75) is 0 Å². The van der Waals surface area contributed by atoms with Gasteiger partial charge in [0.05, 0.1) is 16.3 Å². The minimum Gasteiger partial charge on any atom is -0.476 e. The second-order valence-electron chi connectivity index (χ2n) is 4.09. The summed E-state index contributed by atoms with van der Waals surface area (Å²) in [7, 11) is 0. The van der Waals surface area contributed by atoms with Gasteiger partial charge in [-0.3, -0.25) is 0 Å². The van der Waals surface area contributed by atoms with Crippen LogP contribution in [0.2, 0.25) is 0 Å². The molecule has 4 nitrogen and oxygen atoms in total. The maximum Gasteiger partial charge on any atom is 0.356 e. The second-order valence-corrected chi connectivity index (χ2v) is 5.03. The van der Waals surface area contributed by atoms with E-state index in [1.165, 1.54) is 34.2 Å². The summed E-state index contributed by atoms with van der Waals surface area (Å²) in [6, 6.07) is 11.0. The molecule has 0 aliphatic rings. The van der Waals surface area contributed by atoms with Gasteiger partial charge < -0.3 is 5.11 Å². The number of rotatable bonds is 3. The number of carbonyl (C=O) groups is 1. The van der Waals surface area contributed by atoms with E-state index < -0.39 is 5.97 Å². The largest absolute Gasteiger partial charge is 0.476 e. The van der Waals surface area contributed by atoms with Crippen molar-refractivity contribution in [3.63, 3.8) is 0 Å². The van der Waals surface area contributed by atoms with Gasteiger partial charge in [0.25, 0.3) is 0 Å². The lowest BCUT2D eigenvalue weighted by molar-refractivity contribution is 0.0690. The molecular formula is C14H9FN2O2S. The van der Waals surface area contributed by atoms with Crippen LogP contribution in [-0.4, -0.2) is 20.9 Å². The summed E-state index contributed by atoms with van der Waals surface area (Å²) in [6.07, 6.45) is 0. The van der Waals surface area contributed by atoms with Crippen LogP contribution in [0.4, 0.5) is 4.39 Å². The van der Waals surface area contributed by atoms with Gasteiger partial charge >= 0.3 is 5.97 Å². The van der Waals surface area contributed by atoms with Gasteiger partial charge in [0.15, 0.2) is 5.69 Å². The number of hydrogen-bond acceptors (Lipinski definition) is 3. The highest BCUT2D eigenvalue weighted by Gasteiger charge is 2.16. The number of aromatic carboxylic acids is 1.